The highest BCUT2D eigenvalue weighted by molar-refractivity contribution is 5.94. The molecule has 2 aromatic rings. The third-order valence-corrected chi connectivity index (χ3v) is 5.10. The first-order chi connectivity index (χ1) is 15.1. The fraction of sp³-hybridized carbons (Fsp3) is 0.364. The van der Waals surface area contributed by atoms with E-state index >= 15 is 0 Å². The molecular formula is C22H20F5NO4. The number of rotatable bonds is 6. The van der Waals surface area contributed by atoms with E-state index in [1.807, 2.05) is 0 Å². The van der Waals surface area contributed by atoms with Crippen LogP contribution in [0, 0.1) is 5.92 Å². The molecule has 2 aromatic carbocycles. The zero-order valence-electron chi connectivity index (χ0n) is 16.8. The largest absolute Gasteiger partial charge is 0.461 e. The van der Waals surface area contributed by atoms with E-state index in [2.05, 4.69) is 4.74 Å². The summed E-state index contributed by atoms with van der Waals surface area (Å²) in [6, 6.07) is 9.73. The zero-order valence-corrected chi connectivity index (χ0v) is 16.8. The smallest absolute Gasteiger partial charge is 0.416 e. The van der Waals surface area contributed by atoms with Crippen LogP contribution in [0.25, 0.3) is 0 Å². The monoisotopic (exact) mass is 457 g/mol. The van der Waals surface area contributed by atoms with Gasteiger partial charge in [-0.1, -0.05) is 12.1 Å². The molecule has 3 rings (SSSR count). The standard InChI is InChI=1S/C22H20F5NO4/c23-21(24)32-18-7-1-14(2-8-18)13-31-20(30)16-9-11-28(12-10-16)19(29)15-3-5-17(6-4-15)22(25,26)27/h1-8,16,21H,9-13H2. The van der Waals surface area contributed by atoms with Crippen LogP contribution in [0.5, 0.6) is 5.75 Å². The number of esters is 1. The number of carbonyl (C=O) groups is 2. The summed E-state index contributed by atoms with van der Waals surface area (Å²) in [7, 11) is 0. The predicted octanol–water partition coefficient (Wildman–Crippen LogP) is 4.90. The average Bonchev–Trinajstić information content (AvgIpc) is 2.77. The van der Waals surface area contributed by atoms with E-state index in [9.17, 15) is 31.5 Å². The minimum absolute atomic E-state index is 0.000150. The van der Waals surface area contributed by atoms with Gasteiger partial charge >= 0.3 is 18.8 Å². The Morgan fingerprint density at radius 2 is 1.56 bits per heavy atom. The van der Waals surface area contributed by atoms with E-state index in [0.29, 0.717) is 18.4 Å². The average molecular weight is 457 g/mol. The number of piperidine rings is 1. The van der Waals surface area contributed by atoms with E-state index in [4.69, 9.17) is 4.74 Å². The van der Waals surface area contributed by atoms with Crippen LogP contribution in [-0.4, -0.2) is 36.5 Å². The van der Waals surface area contributed by atoms with Crippen molar-refractivity contribution < 1.29 is 41.0 Å². The maximum Gasteiger partial charge on any atom is 0.416 e. The summed E-state index contributed by atoms with van der Waals surface area (Å²) in [5.74, 6) is -1.23. The van der Waals surface area contributed by atoms with E-state index in [1.165, 1.54) is 29.2 Å². The molecule has 1 aliphatic rings. The lowest BCUT2D eigenvalue weighted by Gasteiger charge is -2.31. The first-order valence-corrected chi connectivity index (χ1v) is 9.80. The van der Waals surface area contributed by atoms with Gasteiger partial charge in [0.05, 0.1) is 11.5 Å². The molecule has 1 saturated heterocycles. The summed E-state index contributed by atoms with van der Waals surface area (Å²) < 4.78 is 71.8. The number of benzene rings is 2. The Bertz CT molecular complexity index is 921. The van der Waals surface area contributed by atoms with Crippen molar-refractivity contribution in [3.63, 3.8) is 0 Å². The number of hydrogen-bond acceptors (Lipinski definition) is 4. The molecule has 1 fully saturated rings. The molecule has 10 heteroatoms. The highest BCUT2D eigenvalue weighted by Crippen LogP contribution is 2.29. The molecule has 0 aliphatic carbocycles. The van der Waals surface area contributed by atoms with Crippen LogP contribution in [0.2, 0.25) is 0 Å². The highest BCUT2D eigenvalue weighted by atomic mass is 19.4. The third-order valence-electron chi connectivity index (χ3n) is 5.10. The topological polar surface area (TPSA) is 55.8 Å². The number of alkyl halides is 5. The zero-order chi connectivity index (χ0) is 23.3. The van der Waals surface area contributed by atoms with E-state index < -0.39 is 36.1 Å². The number of amides is 1. The van der Waals surface area contributed by atoms with Crippen LogP contribution in [0.3, 0.4) is 0 Å². The minimum atomic E-state index is -4.47. The van der Waals surface area contributed by atoms with Gasteiger partial charge in [-0.3, -0.25) is 9.59 Å². The van der Waals surface area contributed by atoms with Gasteiger partial charge in [0.1, 0.15) is 12.4 Å². The number of nitrogens with zero attached hydrogens (tertiary/aromatic N) is 1. The summed E-state index contributed by atoms with van der Waals surface area (Å²) in [4.78, 5) is 26.3. The van der Waals surface area contributed by atoms with Crippen LogP contribution in [0.4, 0.5) is 22.0 Å². The van der Waals surface area contributed by atoms with Crippen molar-refractivity contribution >= 4 is 11.9 Å². The van der Waals surface area contributed by atoms with Gasteiger partial charge in [0, 0.05) is 18.7 Å². The Morgan fingerprint density at radius 1 is 0.969 bits per heavy atom. The Morgan fingerprint density at radius 3 is 2.09 bits per heavy atom. The fourth-order valence-electron chi connectivity index (χ4n) is 3.34. The molecule has 0 aromatic heterocycles. The lowest BCUT2D eigenvalue weighted by molar-refractivity contribution is -0.151. The summed E-state index contributed by atoms with van der Waals surface area (Å²) in [5.41, 5.74) is -0.0696. The number of carbonyl (C=O) groups excluding carboxylic acids is 2. The first-order valence-electron chi connectivity index (χ1n) is 9.80. The van der Waals surface area contributed by atoms with Gasteiger partial charge < -0.3 is 14.4 Å². The molecule has 1 aliphatic heterocycles. The van der Waals surface area contributed by atoms with Crippen molar-refractivity contribution in [1.82, 2.24) is 4.90 Å². The summed E-state index contributed by atoms with van der Waals surface area (Å²) >= 11 is 0. The summed E-state index contributed by atoms with van der Waals surface area (Å²) in [6.45, 7) is -2.40. The van der Waals surface area contributed by atoms with Gasteiger partial charge in [0.15, 0.2) is 0 Å². The molecule has 0 atom stereocenters. The second-order valence-electron chi connectivity index (χ2n) is 7.27. The number of hydrogen-bond donors (Lipinski definition) is 0. The third kappa shape index (κ3) is 6.18. The van der Waals surface area contributed by atoms with Gasteiger partial charge in [-0.05, 0) is 54.8 Å². The summed E-state index contributed by atoms with van der Waals surface area (Å²) in [5, 5.41) is 0. The molecule has 0 unspecified atom stereocenters. The molecule has 172 valence electrons. The van der Waals surface area contributed by atoms with Gasteiger partial charge in [0.25, 0.3) is 5.91 Å². The van der Waals surface area contributed by atoms with Crippen LogP contribution in [-0.2, 0) is 22.3 Å². The van der Waals surface area contributed by atoms with Crippen molar-refractivity contribution in [3.05, 3.63) is 65.2 Å². The van der Waals surface area contributed by atoms with Crippen LogP contribution < -0.4 is 4.74 Å². The molecule has 1 heterocycles. The highest BCUT2D eigenvalue weighted by Gasteiger charge is 2.31. The predicted molar refractivity (Wildman–Crippen MR) is 103 cm³/mol. The van der Waals surface area contributed by atoms with Crippen molar-refractivity contribution in [2.75, 3.05) is 13.1 Å². The Kier molecular flexibility index (Phi) is 7.32. The Hall–Kier alpha value is -3.17. The number of halogens is 5. The normalized spacial score (nSPS) is 15.0. The van der Waals surface area contributed by atoms with Crippen LogP contribution >= 0.6 is 0 Å². The van der Waals surface area contributed by atoms with Crippen LogP contribution in [0.15, 0.2) is 48.5 Å². The van der Waals surface area contributed by atoms with Gasteiger partial charge in [-0.25, -0.2) is 0 Å². The molecule has 5 nitrogen and oxygen atoms in total. The quantitative estimate of drug-likeness (QED) is 0.457. The molecule has 0 radical (unpaired) electrons. The SMILES string of the molecule is O=C(OCc1ccc(OC(F)F)cc1)C1CCN(C(=O)c2ccc(C(F)(F)F)cc2)CC1. The maximum absolute atomic E-state index is 12.7. The van der Waals surface area contributed by atoms with Crippen molar-refractivity contribution in [2.45, 2.75) is 32.2 Å². The van der Waals surface area contributed by atoms with Gasteiger partial charge in [0.2, 0.25) is 0 Å². The first kappa shape index (κ1) is 23.5. The molecular weight excluding hydrogens is 437 g/mol. The van der Waals surface area contributed by atoms with E-state index in [1.54, 1.807) is 0 Å². The second kappa shape index (κ2) is 9.97. The molecule has 1 amide bonds. The Balaban J connectivity index is 1.46. The molecule has 0 spiro atoms. The molecule has 0 N–H and O–H groups in total. The lowest BCUT2D eigenvalue weighted by atomic mass is 9.96. The van der Waals surface area contributed by atoms with Crippen molar-refractivity contribution in [1.29, 1.82) is 0 Å². The van der Waals surface area contributed by atoms with E-state index in [-0.39, 0.29) is 31.0 Å². The summed E-state index contributed by atoms with van der Waals surface area (Å²) in [6.07, 6.45) is -3.74. The van der Waals surface area contributed by atoms with Gasteiger partial charge in [-0.2, -0.15) is 22.0 Å². The van der Waals surface area contributed by atoms with Gasteiger partial charge in [-0.15, -0.1) is 0 Å². The second-order valence-corrected chi connectivity index (χ2v) is 7.27. The minimum Gasteiger partial charge on any atom is -0.461 e. The molecule has 32 heavy (non-hydrogen) atoms. The van der Waals surface area contributed by atoms with Crippen molar-refractivity contribution in [2.24, 2.45) is 5.92 Å². The number of ether oxygens (including phenoxy) is 2. The van der Waals surface area contributed by atoms with Crippen molar-refractivity contribution in [3.8, 4) is 5.75 Å². The van der Waals surface area contributed by atoms with Crippen LogP contribution in [0.1, 0.15) is 34.3 Å². The van der Waals surface area contributed by atoms with E-state index in [0.717, 1.165) is 24.3 Å². The Labute approximate surface area is 180 Å². The fourth-order valence-corrected chi connectivity index (χ4v) is 3.34. The molecule has 0 bridgehead atoms. The number of likely N-dealkylation sites (tertiary alicyclic amines) is 1. The lowest BCUT2D eigenvalue weighted by Crippen LogP contribution is -2.40. The maximum atomic E-state index is 12.7. The molecule has 0 saturated carbocycles.